The normalized spacial score (nSPS) is 16.7. The SMILES string of the molecule is C=c1cc(CN2CCC(c3ccc(C(C)=O)cc3)CC2)n(C)[nH]cc/c1=c1/ccc2c(c1)CNN=2. The van der Waals surface area contributed by atoms with Gasteiger partial charge in [-0.3, -0.25) is 14.4 Å². The van der Waals surface area contributed by atoms with Crippen molar-refractivity contribution in [3.8, 4) is 0 Å². The van der Waals surface area contributed by atoms with Gasteiger partial charge in [-0.05, 0) is 84.3 Å². The average molecular weight is 468 g/mol. The minimum atomic E-state index is 0.122. The maximum atomic E-state index is 11.6. The van der Waals surface area contributed by atoms with Gasteiger partial charge in [-0.15, -0.1) is 0 Å². The van der Waals surface area contributed by atoms with Crippen molar-refractivity contribution in [2.75, 3.05) is 13.1 Å². The molecule has 0 atom stereocenters. The van der Waals surface area contributed by atoms with E-state index in [1.165, 1.54) is 16.8 Å². The average Bonchev–Trinajstić information content (AvgIpc) is 3.34. The van der Waals surface area contributed by atoms with Crippen LogP contribution in [0.2, 0.25) is 0 Å². The first-order valence-corrected chi connectivity index (χ1v) is 12.3. The highest BCUT2D eigenvalue weighted by Crippen LogP contribution is 2.28. The third-order valence-electron chi connectivity index (χ3n) is 7.26. The molecule has 35 heavy (non-hydrogen) atoms. The number of rotatable bonds is 4. The van der Waals surface area contributed by atoms with Crippen LogP contribution in [-0.2, 0) is 20.1 Å². The first-order valence-electron chi connectivity index (χ1n) is 12.3. The lowest BCUT2D eigenvalue weighted by Crippen LogP contribution is -2.33. The zero-order chi connectivity index (χ0) is 24.4. The summed E-state index contributed by atoms with van der Waals surface area (Å²) in [5.41, 5.74) is 7.59. The van der Waals surface area contributed by atoms with Crippen LogP contribution in [0.1, 0.15) is 52.9 Å². The summed E-state index contributed by atoms with van der Waals surface area (Å²) in [7, 11) is 2.06. The lowest BCUT2D eigenvalue weighted by atomic mass is 9.88. The highest BCUT2D eigenvalue weighted by Gasteiger charge is 2.21. The van der Waals surface area contributed by atoms with Gasteiger partial charge in [-0.2, -0.15) is 5.10 Å². The number of ketones is 1. The zero-order valence-corrected chi connectivity index (χ0v) is 20.6. The highest BCUT2D eigenvalue weighted by molar-refractivity contribution is 5.94. The Hall–Kier alpha value is -3.64. The summed E-state index contributed by atoms with van der Waals surface area (Å²) in [5.74, 6) is 0.672. The van der Waals surface area contributed by atoms with Gasteiger partial charge in [0, 0.05) is 36.6 Å². The minimum Gasteiger partial charge on any atom is -0.306 e. The van der Waals surface area contributed by atoms with Gasteiger partial charge < -0.3 is 10.5 Å². The van der Waals surface area contributed by atoms with Gasteiger partial charge in [-0.25, -0.2) is 0 Å². The summed E-state index contributed by atoms with van der Waals surface area (Å²) in [5, 5.41) is 12.0. The molecule has 1 fully saturated rings. The fourth-order valence-electron chi connectivity index (χ4n) is 5.09. The second-order valence-electron chi connectivity index (χ2n) is 9.61. The van der Waals surface area contributed by atoms with Crippen LogP contribution in [-0.4, -0.2) is 33.6 Å². The second-order valence-corrected chi connectivity index (χ2v) is 9.61. The van der Waals surface area contributed by atoms with E-state index in [9.17, 15) is 4.79 Å². The van der Waals surface area contributed by atoms with Crippen molar-refractivity contribution in [1.82, 2.24) is 20.1 Å². The Morgan fingerprint density at radius 1 is 1.09 bits per heavy atom. The van der Waals surface area contributed by atoms with Gasteiger partial charge in [0.15, 0.2) is 5.78 Å². The van der Waals surface area contributed by atoms with Crippen molar-refractivity contribution in [3.63, 3.8) is 0 Å². The van der Waals surface area contributed by atoms with Crippen LogP contribution in [0, 0.1) is 10.4 Å². The fourth-order valence-corrected chi connectivity index (χ4v) is 5.09. The van der Waals surface area contributed by atoms with E-state index in [0.717, 1.165) is 65.6 Å². The van der Waals surface area contributed by atoms with Crippen molar-refractivity contribution in [1.29, 1.82) is 0 Å². The van der Waals surface area contributed by atoms with Crippen molar-refractivity contribution >= 4 is 12.4 Å². The third kappa shape index (κ3) is 5.08. The molecule has 2 N–H and O–H groups in total. The number of carbonyl (C=O) groups excluding carboxylic acids is 1. The van der Waals surface area contributed by atoms with E-state index >= 15 is 0 Å². The number of aromatic nitrogens is 2. The standard InChI is InChI=1S/C29H33N5O/c1-20-16-27(19-34-14-11-24(12-15-34)23-6-4-22(5-7-23)21(2)35)33(3)31-13-10-28(20)25-8-9-29-26(17-25)18-30-32-29/h4-10,13,16-17,24,30-31H,1,11-12,14-15,18-19H2,2-3H3/b13-10?,27-16?,28-25+. The van der Waals surface area contributed by atoms with Crippen molar-refractivity contribution < 1.29 is 4.79 Å². The van der Waals surface area contributed by atoms with Gasteiger partial charge in [-0.1, -0.05) is 36.9 Å². The van der Waals surface area contributed by atoms with E-state index in [-0.39, 0.29) is 5.78 Å². The topological polar surface area (TPSA) is 65.4 Å². The van der Waals surface area contributed by atoms with Gasteiger partial charge >= 0.3 is 0 Å². The molecular weight excluding hydrogens is 434 g/mol. The molecular formula is C29H33N5O. The molecule has 0 saturated carbocycles. The molecule has 6 heteroatoms. The van der Waals surface area contributed by atoms with Gasteiger partial charge in [0.05, 0.1) is 11.9 Å². The molecule has 180 valence electrons. The molecule has 0 aliphatic carbocycles. The molecule has 0 radical (unpaired) electrons. The van der Waals surface area contributed by atoms with E-state index in [2.05, 4.69) is 81.3 Å². The number of piperidine rings is 1. The van der Waals surface area contributed by atoms with Crippen LogP contribution in [0.3, 0.4) is 0 Å². The Bertz CT molecular complexity index is 1490. The predicted molar refractivity (Wildman–Crippen MR) is 138 cm³/mol. The van der Waals surface area contributed by atoms with E-state index < -0.39 is 0 Å². The number of hydrogen-bond acceptors (Lipinski definition) is 4. The first-order chi connectivity index (χ1) is 17.0. The van der Waals surface area contributed by atoms with E-state index in [1.807, 2.05) is 18.3 Å². The molecule has 5 rings (SSSR count). The number of likely N-dealkylation sites (tertiary alicyclic amines) is 1. The predicted octanol–water partition coefficient (Wildman–Crippen LogP) is 3.39. The highest BCUT2D eigenvalue weighted by atomic mass is 16.1. The zero-order valence-electron chi connectivity index (χ0n) is 20.6. The summed E-state index contributed by atoms with van der Waals surface area (Å²) >= 11 is 0. The molecule has 3 aromatic rings. The molecule has 2 aliphatic rings. The van der Waals surface area contributed by atoms with Crippen molar-refractivity contribution in [2.45, 2.75) is 38.8 Å². The van der Waals surface area contributed by atoms with E-state index in [4.69, 9.17) is 0 Å². The molecule has 3 heterocycles. The van der Waals surface area contributed by atoms with Crippen molar-refractivity contribution in [2.24, 2.45) is 12.1 Å². The molecule has 0 spiro atoms. The number of hydrogen-bond donors (Lipinski definition) is 2. The molecule has 0 bridgehead atoms. The summed E-state index contributed by atoms with van der Waals surface area (Å²) in [4.78, 5) is 14.1. The van der Waals surface area contributed by atoms with Crippen LogP contribution in [0.5, 0.6) is 0 Å². The summed E-state index contributed by atoms with van der Waals surface area (Å²) in [6.07, 6.45) is 4.23. The van der Waals surface area contributed by atoms with Crippen LogP contribution < -0.4 is 16.0 Å². The quantitative estimate of drug-likeness (QED) is 0.578. The molecule has 2 aliphatic heterocycles. The Morgan fingerprint density at radius 3 is 2.60 bits per heavy atom. The molecule has 0 amide bonds. The molecule has 2 aromatic carbocycles. The number of benzene rings is 2. The Labute approximate surface area is 205 Å². The smallest absolute Gasteiger partial charge is 0.159 e. The Kier molecular flexibility index (Phi) is 6.55. The molecule has 1 aromatic heterocycles. The molecule has 0 unspecified atom stereocenters. The molecule has 6 nitrogen and oxygen atoms in total. The number of Topliss-reactive ketones (excluding diaryl/α,β-unsaturated/α-hetero) is 1. The van der Waals surface area contributed by atoms with Crippen LogP contribution in [0.15, 0.2) is 65.9 Å². The first kappa shape index (κ1) is 23.1. The number of aryl methyl sites for hydroxylation is 1. The maximum Gasteiger partial charge on any atom is 0.159 e. The van der Waals surface area contributed by atoms with Gasteiger partial charge in [0.1, 0.15) is 0 Å². The number of aromatic amines is 1. The van der Waals surface area contributed by atoms with E-state index in [1.54, 1.807) is 6.92 Å². The third-order valence-corrected chi connectivity index (χ3v) is 7.26. The van der Waals surface area contributed by atoms with Crippen LogP contribution in [0.25, 0.3) is 6.58 Å². The number of fused-ring (bicyclic) bond motifs is 1. The number of nitrogens with one attached hydrogen (secondary N) is 2. The second kappa shape index (κ2) is 9.92. The summed E-state index contributed by atoms with van der Waals surface area (Å²) < 4.78 is 2.08. The lowest BCUT2D eigenvalue weighted by Gasteiger charge is -2.32. The number of nitrogens with zero attached hydrogens (tertiary/aromatic N) is 3. The Balaban J connectivity index is 1.36. The number of carbonyl (C=O) groups is 1. The van der Waals surface area contributed by atoms with Gasteiger partial charge in [0.25, 0.3) is 0 Å². The molecule has 1 saturated heterocycles. The van der Waals surface area contributed by atoms with E-state index in [0.29, 0.717) is 5.92 Å². The Morgan fingerprint density at radius 2 is 1.86 bits per heavy atom. The van der Waals surface area contributed by atoms with Crippen LogP contribution in [0.4, 0.5) is 0 Å². The fraction of sp³-hybridized carbons (Fsp3) is 0.310. The monoisotopic (exact) mass is 467 g/mol. The largest absolute Gasteiger partial charge is 0.306 e. The van der Waals surface area contributed by atoms with Crippen molar-refractivity contribution in [3.05, 3.63) is 104 Å². The summed E-state index contributed by atoms with van der Waals surface area (Å²) in [6.45, 7) is 9.76. The lowest BCUT2D eigenvalue weighted by molar-refractivity contribution is 0.101. The number of H-pyrrole nitrogens is 1. The van der Waals surface area contributed by atoms with Gasteiger partial charge in [0.2, 0.25) is 0 Å². The van der Waals surface area contributed by atoms with Crippen LogP contribution >= 0.6 is 0 Å². The maximum absolute atomic E-state index is 11.6. The minimum absolute atomic E-state index is 0.122. The summed E-state index contributed by atoms with van der Waals surface area (Å²) in [6, 6.07) is 18.9.